The third-order valence-corrected chi connectivity index (χ3v) is 4.43. The fourth-order valence-electron chi connectivity index (χ4n) is 2.73. The number of hydrogen-bond donors (Lipinski definition) is 1. The lowest BCUT2D eigenvalue weighted by Crippen LogP contribution is -2.14. The van der Waals surface area contributed by atoms with Gasteiger partial charge in [0.15, 0.2) is 11.5 Å². The predicted molar refractivity (Wildman–Crippen MR) is 102 cm³/mol. The van der Waals surface area contributed by atoms with Crippen LogP contribution in [0.1, 0.15) is 5.56 Å². The smallest absolute Gasteiger partial charge is 0.414 e. The summed E-state index contributed by atoms with van der Waals surface area (Å²) >= 11 is 5.84. The Bertz CT molecular complexity index is 1080. The van der Waals surface area contributed by atoms with E-state index in [1.54, 1.807) is 31.8 Å². The Kier molecular flexibility index (Phi) is 4.97. The first-order valence-corrected chi connectivity index (χ1v) is 8.83. The average molecular weight is 401 g/mol. The summed E-state index contributed by atoms with van der Waals surface area (Å²) in [7, 11) is 1.57. The van der Waals surface area contributed by atoms with E-state index in [4.69, 9.17) is 21.1 Å². The molecular formula is C19H16ClFN5O2+. The highest BCUT2D eigenvalue weighted by Crippen LogP contribution is 2.36. The van der Waals surface area contributed by atoms with Gasteiger partial charge in [0.25, 0.3) is 0 Å². The molecule has 2 heterocycles. The minimum absolute atomic E-state index is 0.0269. The van der Waals surface area contributed by atoms with Gasteiger partial charge in [-0.1, -0.05) is 16.4 Å². The van der Waals surface area contributed by atoms with E-state index in [2.05, 4.69) is 20.2 Å². The summed E-state index contributed by atoms with van der Waals surface area (Å²) in [5.74, 6) is 1.17. The first-order valence-electron chi connectivity index (χ1n) is 8.46. The molecule has 1 N–H and O–H groups in total. The van der Waals surface area contributed by atoms with Crippen molar-refractivity contribution < 1.29 is 18.7 Å². The van der Waals surface area contributed by atoms with Crippen LogP contribution < -0.4 is 14.8 Å². The van der Waals surface area contributed by atoms with Crippen LogP contribution in [-0.2, 0) is 6.54 Å². The highest BCUT2D eigenvalue weighted by atomic mass is 35.5. The molecule has 0 saturated heterocycles. The van der Waals surface area contributed by atoms with Gasteiger partial charge in [0, 0.05) is 35.7 Å². The molecule has 142 valence electrons. The van der Waals surface area contributed by atoms with Gasteiger partial charge in [-0.05, 0) is 12.1 Å². The van der Waals surface area contributed by atoms with Crippen LogP contribution in [-0.4, -0.2) is 33.9 Å². The number of halogens is 2. The van der Waals surface area contributed by atoms with Crippen LogP contribution in [0.5, 0.6) is 11.5 Å². The van der Waals surface area contributed by atoms with Gasteiger partial charge < -0.3 is 14.0 Å². The second-order valence-corrected chi connectivity index (χ2v) is 6.38. The van der Waals surface area contributed by atoms with Crippen LogP contribution in [0.25, 0.3) is 0 Å². The second kappa shape index (κ2) is 7.72. The second-order valence-electron chi connectivity index (χ2n) is 5.97. The van der Waals surface area contributed by atoms with E-state index >= 15 is 0 Å². The SMILES string of the molecule is COc1cc2c(cc1OCCn1ccnc1)C(Nc1ccc(F)c(Cl)c1)=[N+]=N2. The van der Waals surface area contributed by atoms with Gasteiger partial charge in [0.1, 0.15) is 29.4 Å². The maximum Gasteiger partial charge on any atom is 0.414 e. The summed E-state index contributed by atoms with van der Waals surface area (Å²) in [5.41, 5.74) is 2.00. The van der Waals surface area contributed by atoms with Crippen LogP contribution in [0, 0.1) is 5.82 Å². The van der Waals surface area contributed by atoms with E-state index in [0.717, 1.165) is 5.56 Å². The molecule has 7 nitrogen and oxygen atoms in total. The molecule has 9 heteroatoms. The van der Waals surface area contributed by atoms with Crippen molar-refractivity contribution in [3.05, 3.63) is 65.5 Å². The molecule has 1 aliphatic heterocycles. The Labute approximate surface area is 165 Å². The monoisotopic (exact) mass is 400 g/mol. The van der Waals surface area contributed by atoms with Crippen molar-refractivity contribution in [1.82, 2.24) is 9.55 Å². The zero-order chi connectivity index (χ0) is 19.5. The number of anilines is 1. The van der Waals surface area contributed by atoms with Crippen LogP contribution in [0.2, 0.25) is 5.02 Å². The van der Waals surface area contributed by atoms with Crippen LogP contribution in [0.3, 0.4) is 0 Å². The molecule has 28 heavy (non-hydrogen) atoms. The molecule has 0 radical (unpaired) electrons. The van der Waals surface area contributed by atoms with E-state index in [1.165, 1.54) is 12.1 Å². The molecule has 1 aromatic heterocycles. The van der Waals surface area contributed by atoms with Crippen molar-refractivity contribution >= 4 is 28.8 Å². The highest BCUT2D eigenvalue weighted by molar-refractivity contribution is 6.31. The lowest BCUT2D eigenvalue weighted by Gasteiger charge is -2.11. The Balaban J connectivity index is 1.53. The van der Waals surface area contributed by atoms with Crippen LogP contribution in [0.15, 0.2) is 54.2 Å². The van der Waals surface area contributed by atoms with Crippen molar-refractivity contribution in [2.45, 2.75) is 6.54 Å². The third-order valence-electron chi connectivity index (χ3n) is 4.14. The standard InChI is InChI=1S/C19H15ClFN5O2/c1-27-17-10-16-13(9-18(17)28-7-6-26-5-4-22-11-26)19(25-24-16)23-12-2-3-15(21)14(20)8-12/h2-5,8-11H,6-7H2,1H3/p+1. The first-order chi connectivity index (χ1) is 13.6. The van der Waals surface area contributed by atoms with Gasteiger partial charge in [-0.25, -0.2) is 14.7 Å². The first kappa shape index (κ1) is 18.0. The van der Waals surface area contributed by atoms with Crippen LogP contribution >= 0.6 is 11.6 Å². The van der Waals surface area contributed by atoms with Crippen molar-refractivity contribution in [3.8, 4) is 11.5 Å². The highest BCUT2D eigenvalue weighted by Gasteiger charge is 2.28. The zero-order valence-corrected chi connectivity index (χ0v) is 15.7. The number of hydrogen-bond acceptors (Lipinski definition) is 5. The number of fused-ring (bicyclic) bond motifs is 1. The number of methoxy groups -OCH3 is 1. The molecule has 0 spiro atoms. The fourth-order valence-corrected chi connectivity index (χ4v) is 2.92. The van der Waals surface area contributed by atoms with Gasteiger partial charge >= 0.3 is 5.84 Å². The topological polar surface area (TPSA) is 74.8 Å². The quantitative estimate of drug-likeness (QED) is 0.636. The average Bonchev–Trinajstić information content (AvgIpc) is 3.34. The maximum atomic E-state index is 13.4. The zero-order valence-electron chi connectivity index (χ0n) is 14.9. The maximum absolute atomic E-state index is 13.4. The molecule has 0 bridgehead atoms. The minimum atomic E-state index is -0.482. The number of rotatable bonds is 6. The Morgan fingerprint density at radius 1 is 1.25 bits per heavy atom. The molecule has 0 amide bonds. The van der Waals surface area contributed by atoms with Crippen molar-refractivity contribution in [1.29, 1.82) is 0 Å². The number of aromatic nitrogens is 2. The van der Waals surface area contributed by atoms with E-state index in [0.29, 0.717) is 41.9 Å². The molecule has 0 aliphatic carbocycles. The van der Waals surface area contributed by atoms with Gasteiger partial charge in [0.2, 0.25) is 0 Å². The van der Waals surface area contributed by atoms with Crippen molar-refractivity contribution in [3.63, 3.8) is 0 Å². The minimum Gasteiger partial charge on any atom is -0.493 e. The van der Waals surface area contributed by atoms with Gasteiger partial charge in [-0.3, -0.25) is 0 Å². The number of benzene rings is 2. The fraction of sp³-hybridized carbons (Fsp3) is 0.158. The normalized spacial score (nSPS) is 11.9. The Hall–Kier alpha value is -3.35. The molecule has 0 fully saturated rings. The van der Waals surface area contributed by atoms with Crippen molar-refractivity contribution in [2.24, 2.45) is 5.11 Å². The summed E-state index contributed by atoms with van der Waals surface area (Å²) < 4.78 is 26.6. The Morgan fingerprint density at radius 3 is 2.89 bits per heavy atom. The Morgan fingerprint density at radius 2 is 2.14 bits per heavy atom. The molecule has 4 rings (SSSR count). The summed E-state index contributed by atoms with van der Waals surface area (Å²) in [4.78, 5) is 8.16. The number of ether oxygens (including phenoxy) is 2. The lowest BCUT2D eigenvalue weighted by atomic mass is 10.1. The number of amidine groups is 1. The molecule has 0 atom stereocenters. The van der Waals surface area contributed by atoms with Gasteiger partial charge in [-0.2, -0.15) is 0 Å². The largest absolute Gasteiger partial charge is 0.493 e. The summed E-state index contributed by atoms with van der Waals surface area (Å²) in [6.07, 6.45) is 5.31. The molecule has 3 aromatic rings. The van der Waals surface area contributed by atoms with E-state index < -0.39 is 5.82 Å². The molecule has 0 unspecified atom stereocenters. The number of nitrogens with zero attached hydrogens (tertiary/aromatic N) is 4. The predicted octanol–water partition coefficient (Wildman–Crippen LogP) is 3.93. The van der Waals surface area contributed by atoms with Crippen molar-refractivity contribution in [2.75, 3.05) is 19.0 Å². The summed E-state index contributed by atoms with van der Waals surface area (Å²) in [6.45, 7) is 1.09. The summed E-state index contributed by atoms with van der Waals surface area (Å²) in [6, 6.07) is 7.93. The van der Waals surface area contributed by atoms with Gasteiger partial charge in [0.05, 0.1) is 25.0 Å². The van der Waals surface area contributed by atoms with Gasteiger partial charge in [-0.15, -0.1) is 0 Å². The van der Waals surface area contributed by atoms with E-state index in [9.17, 15) is 4.39 Å². The summed E-state index contributed by atoms with van der Waals surface area (Å²) in [5, 5.41) is 7.29. The third kappa shape index (κ3) is 3.69. The van der Waals surface area contributed by atoms with E-state index in [-0.39, 0.29) is 5.02 Å². The molecule has 1 aliphatic rings. The number of imidazole rings is 1. The van der Waals surface area contributed by atoms with E-state index in [1.807, 2.05) is 16.8 Å². The molecule has 2 aromatic carbocycles. The lowest BCUT2D eigenvalue weighted by molar-refractivity contribution is -0.0704. The van der Waals surface area contributed by atoms with Crippen LogP contribution in [0.4, 0.5) is 15.8 Å². The number of nitrogens with one attached hydrogen (secondary N) is 1. The molecular weight excluding hydrogens is 385 g/mol. The molecule has 0 saturated carbocycles.